The van der Waals surface area contributed by atoms with Crippen LogP contribution in [0.4, 0.5) is 0 Å². The van der Waals surface area contributed by atoms with Gasteiger partial charge in [0.25, 0.3) is 0 Å². The Labute approximate surface area is 90.0 Å². The molecule has 15 heavy (non-hydrogen) atoms. The van der Waals surface area contributed by atoms with Crippen molar-refractivity contribution in [1.82, 2.24) is 0 Å². The molecule has 0 N–H and O–H groups in total. The third-order valence-corrected chi connectivity index (χ3v) is 2.42. The fourth-order valence-electron chi connectivity index (χ4n) is 1.71. The van der Waals surface area contributed by atoms with Crippen molar-refractivity contribution in [3.8, 4) is 11.5 Å². The number of rotatable bonds is 1. The van der Waals surface area contributed by atoms with Gasteiger partial charge in [-0.25, -0.2) is 0 Å². The van der Waals surface area contributed by atoms with Crippen molar-refractivity contribution in [2.24, 2.45) is 0 Å². The van der Waals surface area contributed by atoms with Crippen LogP contribution in [0.15, 0.2) is 12.1 Å². The first kappa shape index (κ1) is 10.3. The number of benzene rings is 1. The standard InChI is InChI=1S/C12H16O3/c1-8-5-9-7-14-12(2,3)15-11(9)10(6-8)13-4/h5-6H,7H2,1-4H3. The van der Waals surface area contributed by atoms with E-state index in [1.165, 1.54) is 0 Å². The van der Waals surface area contributed by atoms with Gasteiger partial charge in [-0.15, -0.1) is 0 Å². The van der Waals surface area contributed by atoms with Gasteiger partial charge in [-0.1, -0.05) is 0 Å². The summed E-state index contributed by atoms with van der Waals surface area (Å²) in [4.78, 5) is 0. The average Bonchev–Trinajstić information content (AvgIpc) is 2.17. The van der Waals surface area contributed by atoms with Crippen LogP contribution in [0.1, 0.15) is 25.0 Å². The minimum Gasteiger partial charge on any atom is -0.493 e. The smallest absolute Gasteiger partial charge is 0.205 e. The maximum Gasteiger partial charge on any atom is 0.205 e. The van der Waals surface area contributed by atoms with Crippen LogP contribution in [0, 0.1) is 6.92 Å². The first-order chi connectivity index (χ1) is 7.02. The lowest BCUT2D eigenvalue weighted by molar-refractivity contribution is -0.180. The first-order valence-electron chi connectivity index (χ1n) is 5.02. The molecule has 1 aliphatic rings. The molecule has 0 aromatic heterocycles. The molecule has 82 valence electrons. The van der Waals surface area contributed by atoms with E-state index in [-0.39, 0.29) is 0 Å². The highest BCUT2D eigenvalue weighted by Gasteiger charge is 2.29. The number of fused-ring (bicyclic) bond motifs is 1. The SMILES string of the molecule is COc1cc(C)cc2c1OC(C)(C)OC2. The molecule has 3 heteroatoms. The van der Waals surface area contributed by atoms with Crippen LogP contribution in [-0.4, -0.2) is 12.9 Å². The molecule has 0 unspecified atom stereocenters. The minimum atomic E-state index is -0.574. The Kier molecular flexibility index (Phi) is 2.35. The lowest BCUT2D eigenvalue weighted by atomic mass is 10.1. The minimum absolute atomic E-state index is 0.570. The molecule has 0 bridgehead atoms. The zero-order valence-corrected chi connectivity index (χ0v) is 9.59. The normalized spacial score (nSPS) is 17.9. The van der Waals surface area contributed by atoms with Gasteiger partial charge >= 0.3 is 0 Å². The summed E-state index contributed by atoms with van der Waals surface area (Å²) in [5.74, 6) is 1.01. The van der Waals surface area contributed by atoms with Crippen LogP contribution in [0.3, 0.4) is 0 Å². The summed E-state index contributed by atoms with van der Waals surface area (Å²) in [7, 11) is 1.65. The Morgan fingerprint density at radius 1 is 1.33 bits per heavy atom. The summed E-state index contributed by atoms with van der Waals surface area (Å²) in [5.41, 5.74) is 2.20. The van der Waals surface area contributed by atoms with Gasteiger partial charge in [0.1, 0.15) is 0 Å². The van der Waals surface area contributed by atoms with Crippen LogP contribution < -0.4 is 9.47 Å². The molecule has 0 saturated heterocycles. The number of aryl methyl sites for hydroxylation is 1. The lowest BCUT2D eigenvalue weighted by Crippen LogP contribution is -2.35. The Morgan fingerprint density at radius 2 is 2.07 bits per heavy atom. The molecule has 0 radical (unpaired) electrons. The van der Waals surface area contributed by atoms with Crippen LogP contribution in [0.5, 0.6) is 11.5 Å². The second-order valence-electron chi connectivity index (χ2n) is 4.25. The molecule has 3 nitrogen and oxygen atoms in total. The molecule has 0 atom stereocenters. The molecule has 0 amide bonds. The number of hydrogen-bond acceptors (Lipinski definition) is 3. The van der Waals surface area contributed by atoms with E-state index in [1.807, 2.05) is 26.8 Å². The summed E-state index contributed by atoms with van der Waals surface area (Å²) in [6.45, 7) is 6.40. The third kappa shape index (κ3) is 1.92. The molecule has 1 aliphatic heterocycles. The number of ether oxygens (including phenoxy) is 3. The predicted molar refractivity (Wildman–Crippen MR) is 57.2 cm³/mol. The molecule has 0 fully saturated rings. The van der Waals surface area contributed by atoms with E-state index in [9.17, 15) is 0 Å². The van der Waals surface area contributed by atoms with Crippen molar-refractivity contribution in [3.63, 3.8) is 0 Å². The van der Waals surface area contributed by atoms with Gasteiger partial charge in [-0.05, 0) is 24.6 Å². The molecule has 2 rings (SSSR count). The molecular formula is C12H16O3. The van der Waals surface area contributed by atoms with Gasteiger partial charge in [0.15, 0.2) is 11.5 Å². The Hall–Kier alpha value is -1.22. The maximum absolute atomic E-state index is 5.75. The monoisotopic (exact) mass is 208 g/mol. The van der Waals surface area contributed by atoms with E-state index in [1.54, 1.807) is 7.11 Å². The number of methoxy groups -OCH3 is 1. The van der Waals surface area contributed by atoms with Gasteiger partial charge in [-0.2, -0.15) is 0 Å². The zero-order valence-electron chi connectivity index (χ0n) is 9.59. The van der Waals surface area contributed by atoms with E-state index in [4.69, 9.17) is 14.2 Å². The summed E-state index contributed by atoms with van der Waals surface area (Å²) < 4.78 is 16.6. The topological polar surface area (TPSA) is 27.7 Å². The zero-order chi connectivity index (χ0) is 11.1. The largest absolute Gasteiger partial charge is 0.493 e. The third-order valence-electron chi connectivity index (χ3n) is 2.42. The van der Waals surface area contributed by atoms with E-state index in [2.05, 4.69) is 6.07 Å². The van der Waals surface area contributed by atoms with Crippen molar-refractivity contribution < 1.29 is 14.2 Å². The second-order valence-corrected chi connectivity index (χ2v) is 4.25. The molecule has 0 spiro atoms. The van der Waals surface area contributed by atoms with Gasteiger partial charge in [0.05, 0.1) is 13.7 Å². The quantitative estimate of drug-likeness (QED) is 0.710. The molecule has 0 aliphatic carbocycles. The van der Waals surface area contributed by atoms with Gasteiger partial charge in [0.2, 0.25) is 5.79 Å². The molecule has 1 aromatic carbocycles. The predicted octanol–water partition coefficient (Wildman–Crippen LogP) is 2.65. The summed E-state index contributed by atoms with van der Waals surface area (Å²) in [5, 5.41) is 0. The van der Waals surface area contributed by atoms with E-state index < -0.39 is 5.79 Å². The molecular weight excluding hydrogens is 192 g/mol. The van der Waals surface area contributed by atoms with Gasteiger partial charge in [0, 0.05) is 19.4 Å². The number of hydrogen-bond donors (Lipinski definition) is 0. The Morgan fingerprint density at radius 3 is 2.73 bits per heavy atom. The van der Waals surface area contributed by atoms with Crippen LogP contribution >= 0.6 is 0 Å². The first-order valence-corrected chi connectivity index (χ1v) is 5.02. The Balaban J connectivity index is 2.48. The highest BCUT2D eigenvalue weighted by Crippen LogP contribution is 2.39. The lowest BCUT2D eigenvalue weighted by Gasteiger charge is -2.33. The van der Waals surface area contributed by atoms with Crippen molar-refractivity contribution in [2.75, 3.05) is 7.11 Å². The van der Waals surface area contributed by atoms with E-state index in [0.29, 0.717) is 6.61 Å². The summed E-state index contributed by atoms with van der Waals surface area (Å²) in [6.07, 6.45) is 0. The van der Waals surface area contributed by atoms with Crippen molar-refractivity contribution in [3.05, 3.63) is 23.3 Å². The molecule has 1 aromatic rings. The van der Waals surface area contributed by atoms with Crippen LogP contribution in [0.2, 0.25) is 0 Å². The fraction of sp³-hybridized carbons (Fsp3) is 0.500. The molecule has 1 heterocycles. The maximum atomic E-state index is 5.75. The average molecular weight is 208 g/mol. The van der Waals surface area contributed by atoms with Crippen LogP contribution in [-0.2, 0) is 11.3 Å². The van der Waals surface area contributed by atoms with Crippen molar-refractivity contribution in [2.45, 2.75) is 33.2 Å². The Bertz CT molecular complexity index is 365. The van der Waals surface area contributed by atoms with Crippen molar-refractivity contribution >= 4 is 0 Å². The summed E-state index contributed by atoms with van der Waals surface area (Å²) in [6, 6.07) is 4.04. The fourth-order valence-corrected chi connectivity index (χ4v) is 1.71. The van der Waals surface area contributed by atoms with E-state index >= 15 is 0 Å². The molecule has 0 saturated carbocycles. The van der Waals surface area contributed by atoms with E-state index in [0.717, 1.165) is 22.6 Å². The summed E-state index contributed by atoms with van der Waals surface area (Å²) >= 11 is 0. The highest BCUT2D eigenvalue weighted by molar-refractivity contribution is 5.49. The van der Waals surface area contributed by atoms with Gasteiger partial charge < -0.3 is 14.2 Å². The second kappa shape index (κ2) is 3.42. The van der Waals surface area contributed by atoms with Crippen LogP contribution in [0.25, 0.3) is 0 Å². The van der Waals surface area contributed by atoms with Gasteiger partial charge in [-0.3, -0.25) is 0 Å². The van der Waals surface area contributed by atoms with Crippen molar-refractivity contribution in [1.29, 1.82) is 0 Å². The highest BCUT2D eigenvalue weighted by atomic mass is 16.7.